The maximum atomic E-state index is 12.3. The second-order valence-electron chi connectivity index (χ2n) is 10.5. The third-order valence-corrected chi connectivity index (χ3v) is 9.82. The van der Waals surface area contributed by atoms with Gasteiger partial charge in [0.1, 0.15) is 0 Å². The fraction of sp³-hybridized carbons (Fsp3) is 0.654. The number of methoxy groups -OCH3 is 2. The Morgan fingerprint density at radius 2 is 1.36 bits per heavy atom. The van der Waals surface area contributed by atoms with Crippen molar-refractivity contribution in [2.45, 2.75) is 12.6 Å². The molecule has 4 heterocycles. The Morgan fingerprint density at radius 1 is 0.857 bits per heavy atom. The Balaban J connectivity index is 1.36. The van der Waals surface area contributed by atoms with Crippen LogP contribution in [0, 0.1) is 0 Å². The van der Waals surface area contributed by atoms with Crippen LogP contribution in [0.25, 0.3) is 0 Å². The number of carbonyl (C=O) groups is 3. The van der Waals surface area contributed by atoms with E-state index in [4.69, 9.17) is 23.0 Å². The standard InChI is InChI=1S/C26H43N6O9P/c1-37-23(34)18-30-10-8-29(17-22(33)16-27-25(36)28-21-6-4-3-5-7-21)9-11-31(19-24(35)38-2)13-15-32(14-12-30)20-42-39-26(40-42)41-42/h3-7,22,26,33,42H,8-20H2,1-2H3,(H2,27,28,36). The number of para-hydroxylation sites is 1. The summed E-state index contributed by atoms with van der Waals surface area (Å²) in [4.78, 5) is 44.9. The van der Waals surface area contributed by atoms with E-state index in [9.17, 15) is 19.5 Å². The quantitative estimate of drug-likeness (QED) is 0.218. The number of anilines is 1. The van der Waals surface area contributed by atoms with E-state index in [-0.39, 0.29) is 38.1 Å². The monoisotopic (exact) mass is 614 g/mol. The third-order valence-electron chi connectivity index (χ3n) is 7.33. The average Bonchev–Trinajstić information content (AvgIpc) is 2.94. The average molecular weight is 615 g/mol. The fourth-order valence-corrected chi connectivity index (χ4v) is 6.87. The number of carbonyl (C=O) groups excluding carboxylic acids is 3. The summed E-state index contributed by atoms with van der Waals surface area (Å²) in [6.45, 7) is 4.68. The molecule has 0 spiro atoms. The second kappa shape index (κ2) is 15.8. The Hall–Kier alpha value is -2.46. The molecule has 0 saturated carbocycles. The Bertz CT molecular complexity index is 990. The summed E-state index contributed by atoms with van der Waals surface area (Å²) in [6, 6.07) is 8.65. The molecule has 236 valence electrons. The van der Waals surface area contributed by atoms with Gasteiger partial charge in [-0.2, -0.15) is 0 Å². The van der Waals surface area contributed by atoms with Crippen molar-refractivity contribution in [1.29, 1.82) is 0 Å². The van der Waals surface area contributed by atoms with E-state index in [0.29, 0.717) is 64.3 Å². The van der Waals surface area contributed by atoms with E-state index in [0.717, 1.165) is 0 Å². The molecule has 42 heavy (non-hydrogen) atoms. The van der Waals surface area contributed by atoms with Gasteiger partial charge in [-0.3, -0.25) is 0 Å². The fourth-order valence-electron chi connectivity index (χ4n) is 4.85. The predicted octanol–water partition coefficient (Wildman–Crippen LogP) is -0.450. The van der Waals surface area contributed by atoms with Crippen LogP contribution in [0.5, 0.6) is 0 Å². The molecular formula is C26H43N6O9P. The maximum absolute atomic E-state index is 12.3. The van der Waals surface area contributed by atoms with Gasteiger partial charge in [0.25, 0.3) is 0 Å². The number of urea groups is 1. The first-order valence-electron chi connectivity index (χ1n) is 14.1. The van der Waals surface area contributed by atoms with E-state index < -0.39 is 26.6 Å². The summed E-state index contributed by atoms with van der Waals surface area (Å²) in [7, 11) is 0.147. The molecule has 3 N–H and O–H groups in total. The topological polar surface area (TPSA) is 155 Å². The summed E-state index contributed by atoms with van der Waals surface area (Å²) in [5, 5.41) is 16.2. The SMILES string of the molecule is COC(=O)CN1CCN(CC(O)CNC(=O)Nc2ccccc2)CCN(CC(=O)OC)CCN(C[PH]23OC(O2)O3)CC1. The molecule has 1 atom stereocenters. The number of aliphatic hydroxyl groups is 1. The molecule has 1 aromatic carbocycles. The van der Waals surface area contributed by atoms with Crippen LogP contribution in [0.1, 0.15) is 0 Å². The van der Waals surface area contributed by atoms with Crippen LogP contribution in [-0.2, 0) is 32.6 Å². The van der Waals surface area contributed by atoms with Crippen molar-refractivity contribution in [3.8, 4) is 0 Å². The van der Waals surface area contributed by atoms with E-state index >= 15 is 0 Å². The zero-order valence-corrected chi connectivity index (χ0v) is 25.2. The zero-order valence-electron chi connectivity index (χ0n) is 24.2. The minimum atomic E-state index is -2.59. The van der Waals surface area contributed by atoms with Crippen molar-refractivity contribution < 1.29 is 42.5 Å². The number of hydrogen-bond donors (Lipinski definition) is 3. The molecule has 2 amide bonds. The van der Waals surface area contributed by atoms with Gasteiger partial charge in [0.05, 0.1) is 0 Å². The molecule has 4 aliphatic rings. The molecule has 4 aliphatic heterocycles. The number of β-amino-alcohol motifs (C(OH)–C–C–N with tert-alkyl or cyclic N) is 1. The molecule has 4 saturated heterocycles. The van der Waals surface area contributed by atoms with Gasteiger partial charge in [-0.25, -0.2) is 4.79 Å². The van der Waals surface area contributed by atoms with Crippen LogP contribution in [0.15, 0.2) is 30.3 Å². The molecule has 0 aliphatic carbocycles. The van der Waals surface area contributed by atoms with Crippen LogP contribution < -0.4 is 10.6 Å². The molecule has 5 rings (SSSR count). The molecule has 2 bridgehead atoms. The van der Waals surface area contributed by atoms with E-state index in [1.54, 1.807) is 12.1 Å². The van der Waals surface area contributed by atoms with Crippen LogP contribution >= 0.6 is 7.94 Å². The first kappa shape index (κ1) is 32.5. The molecular weight excluding hydrogens is 571 g/mol. The van der Waals surface area contributed by atoms with Crippen molar-refractivity contribution in [2.24, 2.45) is 0 Å². The number of esters is 2. The summed E-state index contributed by atoms with van der Waals surface area (Å²) in [5.41, 5.74) is 0.654. The van der Waals surface area contributed by atoms with Gasteiger partial charge in [-0.15, -0.1) is 0 Å². The van der Waals surface area contributed by atoms with Gasteiger partial charge < -0.3 is 5.32 Å². The summed E-state index contributed by atoms with van der Waals surface area (Å²) < 4.78 is 26.8. The van der Waals surface area contributed by atoms with Crippen LogP contribution in [0.3, 0.4) is 0 Å². The number of rotatable bonds is 11. The van der Waals surface area contributed by atoms with Gasteiger partial charge in [-0.1, -0.05) is 18.2 Å². The number of amides is 2. The predicted molar refractivity (Wildman–Crippen MR) is 155 cm³/mol. The summed E-state index contributed by atoms with van der Waals surface area (Å²) in [6.07, 6.45) is -0.304. The van der Waals surface area contributed by atoms with Crippen LogP contribution in [-0.4, -0.2) is 154 Å². The van der Waals surface area contributed by atoms with Gasteiger partial charge in [0.2, 0.25) is 0 Å². The van der Waals surface area contributed by atoms with Crippen molar-refractivity contribution in [1.82, 2.24) is 24.9 Å². The minimum absolute atomic E-state index is 0.0561. The number of nitrogens with one attached hydrogen (secondary N) is 2. The number of benzene rings is 1. The number of hydrogen-bond acceptors (Lipinski definition) is 13. The van der Waals surface area contributed by atoms with E-state index in [1.165, 1.54) is 14.2 Å². The molecule has 0 aromatic heterocycles. The molecule has 0 radical (unpaired) electrons. The van der Waals surface area contributed by atoms with Crippen molar-refractivity contribution >= 4 is 31.6 Å². The van der Waals surface area contributed by atoms with Gasteiger partial charge in [0, 0.05) is 5.69 Å². The molecule has 4 fully saturated rings. The molecule has 1 aromatic rings. The number of aliphatic hydroxyl groups excluding tert-OH is 1. The molecule has 15 nitrogen and oxygen atoms in total. The normalized spacial score (nSPS) is 23.5. The van der Waals surface area contributed by atoms with Crippen LogP contribution in [0.4, 0.5) is 10.5 Å². The zero-order chi connectivity index (χ0) is 30.0. The van der Waals surface area contributed by atoms with E-state index in [2.05, 4.69) is 20.4 Å². The first-order chi connectivity index (χ1) is 20.3. The molecule has 1 unspecified atom stereocenters. The molecule has 16 heteroatoms. The van der Waals surface area contributed by atoms with Crippen LogP contribution in [0.2, 0.25) is 0 Å². The van der Waals surface area contributed by atoms with Gasteiger partial charge >= 0.3 is 200 Å². The third kappa shape index (κ3) is 10.1. The van der Waals surface area contributed by atoms with Gasteiger partial charge in [-0.05, 0) is 12.1 Å². The summed E-state index contributed by atoms with van der Waals surface area (Å²) in [5.74, 6) is -0.663. The Morgan fingerprint density at radius 3 is 1.83 bits per heavy atom. The van der Waals surface area contributed by atoms with Crippen molar-refractivity contribution in [2.75, 3.05) is 104 Å². The number of nitrogens with zero attached hydrogens (tertiary/aromatic N) is 4. The summed E-state index contributed by atoms with van der Waals surface area (Å²) >= 11 is 0. The Kier molecular flexibility index (Phi) is 12.2. The first-order valence-corrected chi connectivity index (χ1v) is 16.0. The van der Waals surface area contributed by atoms with E-state index in [1.807, 2.05) is 28.0 Å². The van der Waals surface area contributed by atoms with Crippen molar-refractivity contribution in [3.63, 3.8) is 0 Å². The second-order valence-corrected chi connectivity index (χ2v) is 12.9. The Labute approximate surface area is 246 Å². The van der Waals surface area contributed by atoms with Crippen molar-refractivity contribution in [3.05, 3.63) is 30.3 Å². The number of ether oxygens (including phenoxy) is 2. The van der Waals surface area contributed by atoms with Gasteiger partial charge in [0.15, 0.2) is 0 Å².